The molecule has 10 heteroatoms. The van der Waals surface area contributed by atoms with Crippen molar-refractivity contribution in [1.82, 2.24) is 19.0 Å². The van der Waals surface area contributed by atoms with Gasteiger partial charge in [0.05, 0.1) is 39.7 Å². The third kappa shape index (κ3) is 4.60. The molecule has 1 N–H and O–H groups in total. The number of anilines is 1. The monoisotopic (exact) mass is 549 g/mol. The molecule has 0 saturated carbocycles. The summed E-state index contributed by atoms with van der Waals surface area (Å²) in [5, 5.41) is 20.7. The van der Waals surface area contributed by atoms with E-state index in [4.69, 9.17) is 0 Å². The molecule has 6 rings (SSSR count). The summed E-state index contributed by atoms with van der Waals surface area (Å²) in [6, 6.07) is 18.2. The Morgan fingerprint density at radius 3 is 2.49 bits per heavy atom. The fourth-order valence-electron chi connectivity index (χ4n) is 5.61. The summed E-state index contributed by atoms with van der Waals surface area (Å²) in [6.07, 6.45) is 0.352. The van der Waals surface area contributed by atoms with Crippen LogP contribution < -0.4 is 10.5 Å². The second-order valence-corrected chi connectivity index (χ2v) is 10.4. The fourth-order valence-corrected chi connectivity index (χ4v) is 5.61. The van der Waals surface area contributed by atoms with E-state index in [0.717, 1.165) is 48.4 Å². The van der Waals surface area contributed by atoms with Crippen molar-refractivity contribution in [2.24, 2.45) is 12.0 Å². The highest BCUT2D eigenvalue weighted by molar-refractivity contribution is 6.04. The van der Waals surface area contributed by atoms with E-state index < -0.39 is 6.09 Å². The van der Waals surface area contributed by atoms with E-state index >= 15 is 0 Å². The van der Waals surface area contributed by atoms with Crippen molar-refractivity contribution in [3.8, 4) is 22.9 Å². The average Bonchev–Trinajstić information content (AvgIpc) is 3.23. The SMILES string of the molecule is Cc1cc(N2CCN(C)CC2)c(C#N)cc1-n1c(=NC(=O)O)n(C)c2cnc3ccc(-c4cccc(F)c4)cc3c21. The molecule has 3 heterocycles. The minimum atomic E-state index is -1.34. The molecule has 1 aliphatic rings. The first kappa shape index (κ1) is 26.2. The number of nitrogens with zero attached hydrogens (tertiary/aromatic N) is 7. The van der Waals surface area contributed by atoms with Crippen molar-refractivity contribution in [3.05, 3.63) is 83.4 Å². The maximum atomic E-state index is 14.1. The maximum absolute atomic E-state index is 14.1. The number of piperazine rings is 1. The van der Waals surface area contributed by atoms with Gasteiger partial charge in [-0.1, -0.05) is 18.2 Å². The molecule has 3 aromatic carbocycles. The van der Waals surface area contributed by atoms with Crippen LogP contribution in [0, 0.1) is 24.1 Å². The van der Waals surface area contributed by atoms with Gasteiger partial charge in [-0.2, -0.15) is 5.26 Å². The Hall–Kier alpha value is -5.01. The van der Waals surface area contributed by atoms with Crippen LogP contribution >= 0.6 is 0 Å². The van der Waals surface area contributed by atoms with Crippen LogP contribution in [0.1, 0.15) is 11.1 Å². The van der Waals surface area contributed by atoms with Crippen LogP contribution in [0.2, 0.25) is 0 Å². The molecule has 0 spiro atoms. The zero-order valence-electron chi connectivity index (χ0n) is 23.0. The van der Waals surface area contributed by atoms with E-state index in [1.165, 1.54) is 12.1 Å². The standard InChI is InChI=1S/C31H28FN7O2/c1-19-13-27(38-11-9-36(2)10-12-38)22(17-33)16-26(19)39-29-24-15-21(20-5-4-6-23(32)14-20)7-8-25(24)34-18-28(29)37(3)30(39)35-31(40)41/h4-8,13-16,18H,9-12H2,1-3H3,(H,40,41). The highest BCUT2D eigenvalue weighted by Gasteiger charge is 2.22. The number of halogens is 1. The minimum absolute atomic E-state index is 0.178. The summed E-state index contributed by atoms with van der Waals surface area (Å²) >= 11 is 0. The van der Waals surface area contributed by atoms with Crippen molar-refractivity contribution in [2.45, 2.75) is 6.92 Å². The quantitative estimate of drug-likeness (QED) is 0.346. The predicted molar refractivity (Wildman–Crippen MR) is 156 cm³/mol. The molecule has 0 radical (unpaired) electrons. The lowest BCUT2D eigenvalue weighted by molar-refractivity contribution is 0.204. The second-order valence-electron chi connectivity index (χ2n) is 10.4. The summed E-state index contributed by atoms with van der Waals surface area (Å²) in [5.41, 5.74) is 6.59. The molecule has 9 nitrogen and oxygen atoms in total. The van der Waals surface area contributed by atoms with Crippen LogP contribution in [0.15, 0.2) is 65.8 Å². The number of carbonyl (C=O) groups is 1. The molecular formula is C31H28FN7O2. The average molecular weight is 550 g/mol. The van der Waals surface area contributed by atoms with Gasteiger partial charge in [-0.25, -0.2) is 9.18 Å². The molecule has 1 aliphatic heterocycles. The molecule has 1 amide bonds. The topological polar surface area (TPSA) is 103 Å². The Morgan fingerprint density at radius 2 is 1.78 bits per heavy atom. The van der Waals surface area contributed by atoms with Gasteiger partial charge >= 0.3 is 6.09 Å². The van der Waals surface area contributed by atoms with Gasteiger partial charge in [0.25, 0.3) is 0 Å². The number of carboxylic acid groups (broad SMARTS) is 1. The van der Waals surface area contributed by atoms with Gasteiger partial charge in [-0.05, 0) is 67.1 Å². The number of aromatic nitrogens is 3. The highest BCUT2D eigenvalue weighted by Crippen LogP contribution is 2.33. The Labute approximate surface area is 235 Å². The number of rotatable bonds is 3. The van der Waals surface area contributed by atoms with Crippen molar-refractivity contribution >= 4 is 33.7 Å². The van der Waals surface area contributed by atoms with E-state index in [2.05, 4.69) is 32.9 Å². The van der Waals surface area contributed by atoms with Crippen molar-refractivity contribution in [1.29, 1.82) is 5.26 Å². The van der Waals surface area contributed by atoms with E-state index in [1.807, 2.05) is 43.3 Å². The van der Waals surface area contributed by atoms with Gasteiger partial charge in [0.15, 0.2) is 0 Å². The molecule has 0 unspecified atom stereocenters. The van der Waals surface area contributed by atoms with E-state index in [9.17, 15) is 19.6 Å². The Bertz CT molecular complexity index is 1960. The number of nitriles is 1. The van der Waals surface area contributed by atoms with Crippen LogP contribution in [-0.4, -0.2) is 63.4 Å². The number of hydrogen-bond donors (Lipinski definition) is 1. The zero-order chi connectivity index (χ0) is 28.8. The summed E-state index contributed by atoms with van der Waals surface area (Å²) < 4.78 is 17.5. The zero-order valence-corrected chi connectivity index (χ0v) is 23.0. The van der Waals surface area contributed by atoms with Gasteiger partial charge in [-0.15, -0.1) is 4.99 Å². The smallest absolute Gasteiger partial charge is 0.434 e. The van der Waals surface area contributed by atoms with Crippen molar-refractivity contribution in [3.63, 3.8) is 0 Å². The molecule has 41 heavy (non-hydrogen) atoms. The van der Waals surface area contributed by atoms with Crippen LogP contribution in [0.3, 0.4) is 0 Å². The summed E-state index contributed by atoms with van der Waals surface area (Å²) in [6.45, 7) is 5.37. The third-order valence-corrected chi connectivity index (χ3v) is 7.78. The van der Waals surface area contributed by atoms with E-state index in [-0.39, 0.29) is 11.4 Å². The van der Waals surface area contributed by atoms with E-state index in [0.29, 0.717) is 33.4 Å². The number of likely N-dealkylation sites (N-methyl/N-ethyl adjacent to an activating group) is 1. The lowest BCUT2D eigenvalue weighted by atomic mass is 10.0. The van der Waals surface area contributed by atoms with Crippen LogP contribution in [0.5, 0.6) is 0 Å². The number of fused-ring (bicyclic) bond motifs is 3. The Kier molecular flexibility index (Phi) is 6.52. The molecule has 5 aromatic rings. The minimum Gasteiger partial charge on any atom is -0.463 e. The fraction of sp³-hybridized carbons (Fsp3) is 0.226. The van der Waals surface area contributed by atoms with Gasteiger partial charge < -0.3 is 19.5 Å². The first-order valence-electron chi connectivity index (χ1n) is 13.3. The van der Waals surface area contributed by atoms with Crippen LogP contribution in [0.25, 0.3) is 38.8 Å². The number of hydrogen-bond acceptors (Lipinski definition) is 5. The number of aryl methyl sites for hydroxylation is 2. The predicted octanol–water partition coefficient (Wildman–Crippen LogP) is 4.83. The molecule has 2 aromatic heterocycles. The number of benzene rings is 3. The maximum Gasteiger partial charge on any atom is 0.434 e. The van der Waals surface area contributed by atoms with Gasteiger partial charge in [-0.3, -0.25) is 9.55 Å². The molecule has 0 atom stereocenters. The van der Waals surface area contributed by atoms with Gasteiger partial charge in [0, 0.05) is 38.6 Å². The summed E-state index contributed by atoms with van der Waals surface area (Å²) in [7, 11) is 3.82. The molecule has 0 aliphatic carbocycles. The number of imidazole rings is 1. The van der Waals surface area contributed by atoms with Crippen molar-refractivity contribution < 1.29 is 14.3 Å². The molecule has 1 saturated heterocycles. The van der Waals surface area contributed by atoms with Gasteiger partial charge in [0.2, 0.25) is 5.62 Å². The van der Waals surface area contributed by atoms with E-state index in [1.54, 1.807) is 28.4 Å². The van der Waals surface area contributed by atoms with Crippen molar-refractivity contribution in [2.75, 3.05) is 38.1 Å². The summed E-state index contributed by atoms with van der Waals surface area (Å²) in [4.78, 5) is 25.0. The summed E-state index contributed by atoms with van der Waals surface area (Å²) in [5.74, 6) is -0.337. The Balaban J connectivity index is 1.66. The lowest BCUT2D eigenvalue weighted by Gasteiger charge is -2.34. The molecule has 0 bridgehead atoms. The first-order valence-corrected chi connectivity index (χ1v) is 13.3. The molecule has 1 fully saturated rings. The third-order valence-electron chi connectivity index (χ3n) is 7.78. The lowest BCUT2D eigenvalue weighted by Crippen LogP contribution is -2.44. The molecule has 206 valence electrons. The van der Waals surface area contributed by atoms with Crippen LogP contribution in [-0.2, 0) is 7.05 Å². The molecular weight excluding hydrogens is 521 g/mol. The van der Waals surface area contributed by atoms with Crippen LogP contribution in [0.4, 0.5) is 14.9 Å². The number of pyridine rings is 1. The normalized spacial score (nSPS) is 14.6. The first-order chi connectivity index (χ1) is 19.7. The number of amides is 1. The van der Waals surface area contributed by atoms with Gasteiger partial charge in [0.1, 0.15) is 11.9 Å². The second kappa shape index (κ2) is 10.2. The Morgan fingerprint density at radius 1 is 1.02 bits per heavy atom. The highest BCUT2D eigenvalue weighted by atomic mass is 19.1. The largest absolute Gasteiger partial charge is 0.463 e.